The molecular formula is C24H28N4O. The number of pyridine rings is 1. The Morgan fingerprint density at radius 1 is 1.17 bits per heavy atom. The van der Waals surface area contributed by atoms with E-state index in [0.29, 0.717) is 12.2 Å². The third-order valence-electron chi connectivity index (χ3n) is 5.86. The Hall–Kier alpha value is -2.95. The molecule has 0 saturated carbocycles. The van der Waals surface area contributed by atoms with E-state index in [1.54, 1.807) is 16.9 Å². The second-order valence-electron chi connectivity index (χ2n) is 8.08. The lowest BCUT2D eigenvalue weighted by Crippen LogP contribution is -2.40. The van der Waals surface area contributed by atoms with E-state index >= 15 is 0 Å². The molecule has 1 aliphatic heterocycles. The van der Waals surface area contributed by atoms with Crippen molar-refractivity contribution in [3.8, 4) is 0 Å². The second-order valence-corrected chi connectivity index (χ2v) is 8.08. The van der Waals surface area contributed by atoms with Gasteiger partial charge in [-0.1, -0.05) is 24.3 Å². The first-order valence-electron chi connectivity index (χ1n) is 10.3. The summed E-state index contributed by atoms with van der Waals surface area (Å²) < 4.78 is 1.65. The van der Waals surface area contributed by atoms with Crippen LogP contribution in [-0.2, 0) is 13.5 Å². The van der Waals surface area contributed by atoms with Crippen molar-refractivity contribution in [1.82, 2.24) is 19.7 Å². The molecule has 5 heteroatoms. The van der Waals surface area contributed by atoms with Crippen LogP contribution in [0.15, 0.2) is 48.7 Å². The molecule has 1 amide bonds. The Kier molecular flexibility index (Phi) is 5.47. The number of likely N-dealkylation sites (tertiary alicyclic amines) is 1. The standard InChI is InChI=1S/C24H28N4O/c1-17-7-4-5-8-20(17)14-19-13-18(2)26-22(15-19)21-9-6-12-28(16-21)24(29)23-10-11-25-27(23)3/h4-5,7-8,10-11,13,15,21H,6,9,12,14,16H2,1-3H3/t21-/m0/s1. The van der Waals surface area contributed by atoms with E-state index in [-0.39, 0.29) is 11.8 Å². The van der Waals surface area contributed by atoms with Crippen LogP contribution in [0.3, 0.4) is 0 Å². The third-order valence-corrected chi connectivity index (χ3v) is 5.86. The fourth-order valence-corrected chi connectivity index (χ4v) is 4.26. The van der Waals surface area contributed by atoms with Crippen molar-refractivity contribution in [2.45, 2.75) is 39.0 Å². The van der Waals surface area contributed by atoms with E-state index < -0.39 is 0 Å². The minimum Gasteiger partial charge on any atom is -0.337 e. The van der Waals surface area contributed by atoms with Crippen LogP contribution in [0.4, 0.5) is 0 Å². The maximum Gasteiger partial charge on any atom is 0.272 e. The van der Waals surface area contributed by atoms with Crippen LogP contribution in [0.25, 0.3) is 0 Å². The van der Waals surface area contributed by atoms with Gasteiger partial charge in [0.25, 0.3) is 5.91 Å². The first-order valence-corrected chi connectivity index (χ1v) is 10.3. The molecule has 150 valence electrons. The first kappa shape index (κ1) is 19.4. The van der Waals surface area contributed by atoms with E-state index in [9.17, 15) is 4.79 Å². The molecule has 0 aliphatic carbocycles. The Bertz CT molecular complexity index is 1020. The van der Waals surface area contributed by atoms with Crippen molar-refractivity contribution in [3.63, 3.8) is 0 Å². The number of carbonyl (C=O) groups excluding carboxylic acids is 1. The molecule has 5 nitrogen and oxygen atoms in total. The summed E-state index contributed by atoms with van der Waals surface area (Å²) in [6, 6.07) is 14.7. The molecule has 2 aromatic heterocycles. The lowest BCUT2D eigenvalue weighted by Gasteiger charge is -2.32. The van der Waals surface area contributed by atoms with Crippen molar-refractivity contribution in [2.75, 3.05) is 13.1 Å². The molecule has 29 heavy (non-hydrogen) atoms. The van der Waals surface area contributed by atoms with Gasteiger partial charge in [0.1, 0.15) is 5.69 Å². The topological polar surface area (TPSA) is 51.0 Å². The van der Waals surface area contributed by atoms with Crippen LogP contribution >= 0.6 is 0 Å². The highest BCUT2D eigenvalue weighted by molar-refractivity contribution is 5.92. The molecule has 3 aromatic rings. The van der Waals surface area contributed by atoms with Gasteiger partial charge in [-0.3, -0.25) is 14.5 Å². The number of aromatic nitrogens is 3. The minimum absolute atomic E-state index is 0.0579. The SMILES string of the molecule is Cc1cc(Cc2ccccc2C)cc([C@H]2CCCN(C(=O)c3ccnn3C)C2)n1. The number of nitrogens with zero attached hydrogens (tertiary/aromatic N) is 4. The quantitative estimate of drug-likeness (QED) is 0.678. The average Bonchev–Trinajstić information content (AvgIpc) is 3.15. The summed E-state index contributed by atoms with van der Waals surface area (Å²) in [5.41, 5.74) is 6.74. The highest BCUT2D eigenvalue weighted by Crippen LogP contribution is 2.28. The summed E-state index contributed by atoms with van der Waals surface area (Å²) >= 11 is 0. The second kappa shape index (κ2) is 8.19. The van der Waals surface area contributed by atoms with Crippen LogP contribution < -0.4 is 0 Å². The average molecular weight is 389 g/mol. The molecule has 4 rings (SSSR count). The highest BCUT2D eigenvalue weighted by Gasteiger charge is 2.27. The predicted molar refractivity (Wildman–Crippen MR) is 114 cm³/mol. The van der Waals surface area contributed by atoms with E-state index in [1.165, 1.54) is 16.7 Å². The van der Waals surface area contributed by atoms with E-state index in [1.807, 2.05) is 11.9 Å². The lowest BCUT2D eigenvalue weighted by atomic mass is 9.91. The largest absolute Gasteiger partial charge is 0.337 e. The molecule has 1 aliphatic rings. The summed E-state index contributed by atoms with van der Waals surface area (Å²) in [5, 5.41) is 4.14. The molecule has 0 unspecified atom stereocenters. The van der Waals surface area contributed by atoms with Gasteiger partial charge in [-0.2, -0.15) is 5.10 Å². The highest BCUT2D eigenvalue weighted by atomic mass is 16.2. The molecule has 0 bridgehead atoms. The van der Waals surface area contributed by atoms with Crippen molar-refractivity contribution in [1.29, 1.82) is 0 Å². The number of benzene rings is 1. The smallest absolute Gasteiger partial charge is 0.272 e. The number of piperidine rings is 1. The Balaban J connectivity index is 1.54. The third kappa shape index (κ3) is 4.24. The number of aryl methyl sites for hydroxylation is 3. The fraction of sp³-hybridized carbons (Fsp3) is 0.375. The van der Waals surface area contributed by atoms with Crippen molar-refractivity contribution < 1.29 is 4.79 Å². The normalized spacial score (nSPS) is 16.8. The summed E-state index contributed by atoms with van der Waals surface area (Å²) in [6.07, 6.45) is 4.65. The van der Waals surface area contributed by atoms with Gasteiger partial charge in [-0.15, -0.1) is 0 Å². The molecule has 0 N–H and O–H groups in total. The van der Waals surface area contributed by atoms with Gasteiger partial charge in [-0.25, -0.2) is 0 Å². The zero-order valence-electron chi connectivity index (χ0n) is 17.4. The predicted octanol–water partition coefficient (Wildman–Crippen LogP) is 4.04. The molecule has 1 atom stereocenters. The summed E-state index contributed by atoms with van der Waals surface area (Å²) in [6.45, 7) is 5.73. The zero-order valence-corrected chi connectivity index (χ0v) is 17.4. The van der Waals surface area contributed by atoms with Gasteiger partial charge in [0.2, 0.25) is 0 Å². The summed E-state index contributed by atoms with van der Waals surface area (Å²) in [5.74, 6) is 0.332. The van der Waals surface area contributed by atoms with Gasteiger partial charge < -0.3 is 4.90 Å². The minimum atomic E-state index is 0.0579. The van der Waals surface area contributed by atoms with E-state index in [4.69, 9.17) is 4.98 Å². The number of hydrogen-bond acceptors (Lipinski definition) is 3. The van der Waals surface area contributed by atoms with Gasteiger partial charge in [0, 0.05) is 43.6 Å². The van der Waals surface area contributed by atoms with Crippen LogP contribution in [0.5, 0.6) is 0 Å². The van der Waals surface area contributed by atoms with Gasteiger partial charge in [0.05, 0.1) is 0 Å². The monoisotopic (exact) mass is 388 g/mol. The molecular weight excluding hydrogens is 360 g/mol. The molecule has 1 fully saturated rings. The van der Waals surface area contributed by atoms with Gasteiger partial charge in [0.15, 0.2) is 0 Å². The van der Waals surface area contributed by atoms with Gasteiger partial charge in [-0.05, 0) is 68.0 Å². The number of hydrogen-bond donors (Lipinski definition) is 0. The Morgan fingerprint density at radius 2 is 2.00 bits per heavy atom. The lowest BCUT2D eigenvalue weighted by molar-refractivity contribution is 0.0694. The van der Waals surface area contributed by atoms with Crippen LogP contribution in [0.2, 0.25) is 0 Å². The molecule has 1 saturated heterocycles. The summed E-state index contributed by atoms with van der Waals surface area (Å²) in [4.78, 5) is 19.7. The van der Waals surface area contributed by atoms with Crippen LogP contribution in [0.1, 0.15) is 57.3 Å². The molecule has 0 spiro atoms. The number of rotatable bonds is 4. The van der Waals surface area contributed by atoms with Crippen LogP contribution in [-0.4, -0.2) is 38.7 Å². The van der Waals surface area contributed by atoms with E-state index in [2.05, 4.69) is 55.3 Å². The fourth-order valence-electron chi connectivity index (χ4n) is 4.26. The molecule has 3 heterocycles. The van der Waals surface area contributed by atoms with Crippen LogP contribution in [0, 0.1) is 13.8 Å². The molecule has 1 aromatic carbocycles. The Morgan fingerprint density at radius 3 is 2.76 bits per heavy atom. The number of carbonyl (C=O) groups is 1. The first-order chi connectivity index (χ1) is 14.0. The Labute approximate surface area is 172 Å². The van der Waals surface area contributed by atoms with Crippen molar-refractivity contribution >= 4 is 5.91 Å². The zero-order chi connectivity index (χ0) is 20.4. The van der Waals surface area contributed by atoms with Gasteiger partial charge >= 0.3 is 0 Å². The van der Waals surface area contributed by atoms with E-state index in [0.717, 1.165) is 37.2 Å². The number of amides is 1. The van der Waals surface area contributed by atoms with Crippen molar-refractivity contribution in [2.24, 2.45) is 7.05 Å². The summed E-state index contributed by atoms with van der Waals surface area (Å²) in [7, 11) is 1.81. The van der Waals surface area contributed by atoms with Crippen molar-refractivity contribution in [3.05, 3.63) is 82.4 Å². The maximum absolute atomic E-state index is 12.9. The molecule has 0 radical (unpaired) electrons. The maximum atomic E-state index is 12.9.